The van der Waals surface area contributed by atoms with E-state index in [9.17, 15) is 23.3 Å². The van der Waals surface area contributed by atoms with Crippen molar-refractivity contribution in [2.45, 2.75) is 24.7 Å². The first-order chi connectivity index (χ1) is 12.3. The molecule has 2 N–H and O–H groups in total. The number of nitro groups is 1. The van der Waals surface area contributed by atoms with Crippen molar-refractivity contribution in [3.05, 3.63) is 58.1 Å². The molecule has 0 unspecified atom stereocenters. The molecule has 0 bridgehead atoms. The van der Waals surface area contributed by atoms with Gasteiger partial charge in [0.25, 0.3) is 15.7 Å². The molecule has 2 aromatic carbocycles. The molecule has 0 atom stereocenters. The summed E-state index contributed by atoms with van der Waals surface area (Å²) in [5.41, 5.74) is 0.824. The Morgan fingerprint density at radius 1 is 1.15 bits per heavy atom. The van der Waals surface area contributed by atoms with Crippen molar-refractivity contribution in [2.75, 3.05) is 10.0 Å². The highest BCUT2D eigenvalue weighted by Gasteiger charge is 2.29. The third-order valence-electron chi connectivity index (χ3n) is 4.00. The lowest BCUT2D eigenvalue weighted by Gasteiger charge is -2.12. The Kier molecular flexibility index (Phi) is 4.64. The van der Waals surface area contributed by atoms with Crippen LogP contribution in [0.5, 0.6) is 0 Å². The van der Waals surface area contributed by atoms with E-state index in [0.717, 1.165) is 18.9 Å². The Hall–Kier alpha value is -2.94. The number of benzene rings is 2. The molecule has 1 fully saturated rings. The predicted molar refractivity (Wildman–Crippen MR) is 96.4 cm³/mol. The van der Waals surface area contributed by atoms with E-state index in [1.165, 1.54) is 24.3 Å². The average molecular weight is 375 g/mol. The summed E-state index contributed by atoms with van der Waals surface area (Å²) in [4.78, 5) is 21.9. The third-order valence-corrected chi connectivity index (χ3v) is 5.53. The number of nitrogens with zero attached hydrogens (tertiary/aromatic N) is 1. The van der Waals surface area contributed by atoms with Crippen molar-refractivity contribution in [2.24, 2.45) is 5.92 Å². The van der Waals surface area contributed by atoms with Crippen LogP contribution in [-0.2, 0) is 14.8 Å². The van der Waals surface area contributed by atoms with Crippen LogP contribution < -0.4 is 10.0 Å². The molecular formula is C17H17N3O5S. The van der Waals surface area contributed by atoms with E-state index in [-0.39, 0.29) is 28.1 Å². The van der Waals surface area contributed by atoms with Crippen molar-refractivity contribution in [3.63, 3.8) is 0 Å². The van der Waals surface area contributed by atoms with Gasteiger partial charge >= 0.3 is 0 Å². The maximum atomic E-state index is 12.6. The summed E-state index contributed by atoms with van der Waals surface area (Å²) in [5, 5.41) is 13.6. The van der Waals surface area contributed by atoms with Crippen LogP contribution in [0.2, 0.25) is 0 Å². The van der Waals surface area contributed by atoms with Gasteiger partial charge in [-0.2, -0.15) is 0 Å². The molecule has 1 aliphatic carbocycles. The van der Waals surface area contributed by atoms with E-state index < -0.39 is 14.9 Å². The average Bonchev–Trinajstić information content (AvgIpc) is 3.39. The molecule has 0 spiro atoms. The molecule has 2 aromatic rings. The Morgan fingerprint density at radius 2 is 1.85 bits per heavy atom. The van der Waals surface area contributed by atoms with Gasteiger partial charge in [-0.1, -0.05) is 12.1 Å². The second kappa shape index (κ2) is 6.75. The molecule has 9 heteroatoms. The lowest BCUT2D eigenvalue weighted by atomic mass is 10.2. The summed E-state index contributed by atoms with van der Waals surface area (Å²) < 4.78 is 27.7. The molecular weight excluding hydrogens is 358 g/mol. The first-order valence-corrected chi connectivity index (χ1v) is 9.43. The molecule has 3 rings (SSSR count). The number of carbonyl (C=O) groups is 1. The minimum absolute atomic E-state index is 0.0304. The fourth-order valence-corrected chi connectivity index (χ4v) is 3.77. The zero-order valence-electron chi connectivity index (χ0n) is 13.9. The standard InChI is InChI=1S/C17H17N3O5S/c1-11-5-8-15(20(22)23)10-16(11)26(24,25)19-14-4-2-3-13(9-14)18-17(21)12-6-7-12/h2-5,8-10,12,19H,6-7H2,1H3,(H,18,21). The summed E-state index contributed by atoms with van der Waals surface area (Å²) in [5.74, 6) is -0.0533. The fourth-order valence-electron chi connectivity index (χ4n) is 2.45. The normalized spacial score (nSPS) is 13.9. The maximum Gasteiger partial charge on any atom is 0.270 e. The highest BCUT2D eigenvalue weighted by Crippen LogP contribution is 2.31. The molecule has 1 saturated carbocycles. The smallest absolute Gasteiger partial charge is 0.270 e. The summed E-state index contributed by atoms with van der Waals surface area (Å²) >= 11 is 0. The number of hydrogen-bond acceptors (Lipinski definition) is 5. The molecule has 8 nitrogen and oxygen atoms in total. The van der Waals surface area contributed by atoms with Gasteiger partial charge in [0.05, 0.1) is 15.5 Å². The minimum Gasteiger partial charge on any atom is -0.326 e. The monoisotopic (exact) mass is 375 g/mol. The number of rotatable bonds is 6. The van der Waals surface area contributed by atoms with Gasteiger partial charge in [0.15, 0.2) is 0 Å². The number of non-ortho nitro benzene ring substituents is 1. The molecule has 136 valence electrons. The van der Waals surface area contributed by atoms with Crippen LogP contribution in [0.15, 0.2) is 47.4 Å². The Morgan fingerprint density at radius 3 is 2.50 bits per heavy atom. The lowest BCUT2D eigenvalue weighted by Crippen LogP contribution is -2.16. The number of amides is 1. The molecule has 0 heterocycles. The molecule has 1 aliphatic rings. The van der Waals surface area contributed by atoms with Crippen LogP contribution in [-0.4, -0.2) is 19.2 Å². The van der Waals surface area contributed by atoms with Crippen LogP contribution in [0.4, 0.5) is 17.1 Å². The first kappa shape index (κ1) is 17.9. The second-order valence-electron chi connectivity index (χ2n) is 6.16. The van der Waals surface area contributed by atoms with Crippen LogP contribution >= 0.6 is 0 Å². The van der Waals surface area contributed by atoms with Crippen molar-refractivity contribution < 1.29 is 18.1 Å². The van der Waals surface area contributed by atoms with Crippen LogP contribution in [0, 0.1) is 23.0 Å². The van der Waals surface area contributed by atoms with Gasteiger partial charge in [0, 0.05) is 23.7 Å². The SMILES string of the molecule is Cc1ccc([N+](=O)[O-])cc1S(=O)(=O)Nc1cccc(NC(=O)C2CC2)c1. The van der Waals surface area contributed by atoms with Crippen LogP contribution in [0.3, 0.4) is 0 Å². The second-order valence-corrected chi connectivity index (χ2v) is 7.81. The van der Waals surface area contributed by atoms with Crippen molar-refractivity contribution in [3.8, 4) is 0 Å². The summed E-state index contributed by atoms with van der Waals surface area (Å²) in [6.07, 6.45) is 1.73. The van der Waals surface area contributed by atoms with Crippen molar-refractivity contribution in [1.29, 1.82) is 0 Å². The van der Waals surface area contributed by atoms with E-state index in [4.69, 9.17) is 0 Å². The summed E-state index contributed by atoms with van der Waals surface area (Å²) in [6.45, 7) is 1.56. The van der Waals surface area contributed by atoms with E-state index >= 15 is 0 Å². The van der Waals surface area contributed by atoms with Gasteiger partial charge in [0.2, 0.25) is 5.91 Å². The number of nitro benzene ring substituents is 1. The minimum atomic E-state index is -4.02. The molecule has 0 aliphatic heterocycles. The first-order valence-electron chi connectivity index (χ1n) is 7.95. The van der Waals surface area contributed by atoms with Crippen molar-refractivity contribution >= 4 is 33.0 Å². The number of carbonyl (C=O) groups excluding carboxylic acids is 1. The molecule has 26 heavy (non-hydrogen) atoms. The zero-order chi connectivity index (χ0) is 18.9. The topological polar surface area (TPSA) is 118 Å². The van der Waals surface area contributed by atoms with Crippen molar-refractivity contribution in [1.82, 2.24) is 0 Å². The van der Waals surface area contributed by atoms with E-state index in [1.807, 2.05) is 0 Å². The Bertz CT molecular complexity index is 984. The highest BCUT2D eigenvalue weighted by molar-refractivity contribution is 7.92. The fraction of sp³-hybridized carbons (Fsp3) is 0.235. The number of aryl methyl sites for hydroxylation is 1. The van der Waals surface area contributed by atoms with Gasteiger partial charge in [-0.05, 0) is 43.5 Å². The number of nitrogens with one attached hydrogen (secondary N) is 2. The van der Waals surface area contributed by atoms with E-state index in [1.54, 1.807) is 19.1 Å². The highest BCUT2D eigenvalue weighted by atomic mass is 32.2. The van der Waals surface area contributed by atoms with E-state index in [2.05, 4.69) is 10.0 Å². The van der Waals surface area contributed by atoms with Crippen LogP contribution in [0.25, 0.3) is 0 Å². The van der Waals surface area contributed by atoms with E-state index in [0.29, 0.717) is 11.3 Å². The summed E-state index contributed by atoms with van der Waals surface area (Å²) in [6, 6.07) is 9.98. The largest absolute Gasteiger partial charge is 0.326 e. The number of anilines is 2. The van der Waals surface area contributed by atoms with Gasteiger partial charge in [0.1, 0.15) is 0 Å². The van der Waals surface area contributed by atoms with Gasteiger partial charge in [-0.25, -0.2) is 8.42 Å². The van der Waals surface area contributed by atoms with Gasteiger partial charge < -0.3 is 5.32 Å². The number of hydrogen-bond donors (Lipinski definition) is 2. The predicted octanol–water partition coefficient (Wildman–Crippen LogP) is 3.05. The molecule has 0 radical (unpaired) electrons. The molecule has 1 amide bonds. The Balaban J connectivity index is 1.84. The maximum absolute atomic E-state index is 12.6. The third kappa shape index (κ3) is 3.99. The van der Waals surface area contributed by atoms with Crippen LogP contribution in [0.1, 0.15) is 18.4 Å². The molecule has 0 aromatic heterocycles. The Labute approximate surface area is 150 Å². The lowest BCUT2D eigenvalue weighted by molar-refractivity contribution is -0.385. The quantitative estimate of drug-likeness (QED) is 0.594. The zero-order valence-corrected chi connectivity index (χ0v) is 14.7. The van der Waals surface area contributed by atoms with Gasteiger partial charge in [-0.3, -0.25) is 19.6 Å². The van der Waals surface area contributed by atoms with Gasteiger partial charge in [-0.15, -0.1) is 0 Å². The molecule has 0 saturated heterocycles. The number of sulfonamides is 1. The summed E-state index contributed by atoms with van der Waals surface area (Å²) in [7, 11) is -4.02.